The molecule has 8 heteroatoms. The minimum absolute atomic E-state index is 0.0142. The molecule has 4 nitrogen and oxygen atoms in total. The molecule has 0 saturated carbocycles. The molecule has 0 spiro atoms. The van der Waals surface area contributed by atoms with E-state index in [0.717, 1.165) is 12.1 Å². The molecule has 1 aromatic carbocycles. The zero-order valence-electron chi connectivity index (χ0n) is 9.04. The third-order valence-corrected chi connectivity index (χ3v) is 1.98. The lowest BCUT2D eigenvalue weighted by molar-refractivity contribution is -0.176. The summed E-state index contributed by atoms with van der Waals surface area (Å²) in [6.45, 7) is -1.86. The van der Waals surface area contributed by atoms with Gasteiger partial charge in [-0.05, 0) is 17.7 Å². The van der Waals surface area contributed by atoms with E-state index in [0.29, 0.717) is 0 Å². The van der Waals surface area contributed by atoms with Gasteiger partial charge in [0, 0.05) is 5.56 Å². The summed E-state index contributed by atoms with van der Waals surface area (Å²) in [5.74, 6) is -1.06. The van der Waals surface area contributed by atoms with Gasteiger partial charge in [0.25, 0.3) is 0 Å². The van der Waals surface area contributed by atoms with Crippen molar-refractivity contribution in [3.63, 3.8) is 0 Å². The smallest absolute Gasteiger partial charge is 0.409 e. The van der Waals surface area contributed by atoms with Gasteiger partial charge in [0.05, 0.1) is 6.61 Å². The van der Waals surface area contributed by atoms with E-state index in [4.69, 9.17) is 10.9 Å². The zero-order chi connectivity index (χ0) is 13.8. The second kappa shape index (κ2) is 5.67. The quantitative estimate of drug-likeness (QED) is 0.288. The molecule has 0 heterocycles. The van der Waals surface area contributed by atoms with Gasteiger partial charge in [0.2, 0.25) is 0 Å². The average molecular weight is 266 g/mol. The van der Waals surface area contributed by atoms with E-state index >= 15 is 0 Å². The molecule has 18 heavy (non-hydrogen) atoms. The maximum absolute atomic E-state index is 12.9. The molecule has 1 aromatic rings. The lowest BCUT2D eigenvalue weighted by atomic mass is 10.1. The van der Waals surface area contributed by atoms with Gasteiger partial charge in [-0.15, -0.1) is 0 Å². The first-order valence-corrected chi connectivity index (χ1v) is 4.74. The predicted molar refractivity (Wildman–Crippen MR) is 54.6 cm³/mol. The maximum Gasteiger partial charge on any atom is 0.411 e. The number of hydrogen-bond acceptors (Lipinski definition) is 3. The third kappa shape index (κ3) is 4.21. The van der Waals surface area contributed by atoms with Gasteiger partial charge >= 0.3 is 6.18 Å². The fourth-order valence-electron chi connectivity index (χ4n) is 1.24. The standard InChI is InChI=1S/C10H10F4N2O2/c11-7-2-1-6(4-18-5-10(12,13)14)8(3-7)9(15)16-17/h1-3,17H,4-5H2,(H2,15,16). The molecule has 3 N–H and O–H groups in total. The Labute approximate surface area is 99.7 Å². The molecule has 0 amide bonds. The van der Waals surface area contributed by atoms with Crippen LogP contribution < -0.4 is 5.73 Å². The summed E-state index contributed by atoms with van der Waals surface area (Å²) in [7, 11) is 0. The molecular weight excluding hydrogens is 256 g/mol. The molecule has 0 aromatic heterocycles. The number of benzene rings is 1. The van der Waals surface area contributed by atoms with Crippen molar-refractivity contribution < 1.29 is 27.5 Å². The highest BCUT2D eigenvalue weighted by Gasteiger charge is 2.27. The molecular formula is C10H10F4N2O2. The predicted octanol–water partition coefficient (Wildman–Crippen LogP) is 2.00. The molecule has 0 atom stereocenters. The lowest BCUT2D eigenvalue weighted by Crippen LogP contribution is -2.19. The number of amidine groups is 1. The van der Waals surface area contributed by atoms with E-state index < -0.39 is 31.0 Å². The minimum Gasteiger partial charge on any atom is -0.409 e. The Morgan fingerprint density at radius 2 is 2.06 bits per heavy atom. The fraction of sp³-hybridized carbons (Fsp3) is 0.300. The molecule has 0 bridgehead atoms. The number of hydrogen-bond donors (Lipinski definition) is 2. The van der Waals surface area contributed by atoms with E-state index in [2.05, 4.69) is 9.89 Å². The largest absolute Gasteiger partial charge is 0.411 e. The highest BCUT2D eigenvalue weighted by atomic mass is 19.4. The second-order valence-corrected chi connectivity index (χ2v) is 3.39. The van der Waals surface area contributed by atoms with Gasteiger partial charge in [-0.2, -0.15) is 13.2 Å². The summed E-state index contributed by atoms with van der Waals surface area (Å²) in [6, 6.07) is 3.20. The van der Waals surface area contributed by atoms with Crippen LogP contribution >= 0.6 is 0 Å². The van der Waals surface area contributed by atoms with Crippen LogP contribution in [0.15, 0.2) is 23.4 Å². The van der Waals surface area contributed by atoms with Crippen LogP contribution in [0, 0.1) is 5.82 Å². The number of nitrogens with two attached hydrogens (primary N) is 1. The van der Waals surface area contributed by atoms with E-state index in [1.165, 1.54) is 6.07 Å². The van der Waals surface area contributed by atoms with E-state index in [1.807, 2.05) is 0 Å². The first-order chi connectivity index (χ1) is 8.33. The van der Waals surface area contributed by atoms with Gasteiger partial charge in [-0.1, -0.05) is 11.2 Å². The van der Waals surface area contributed by atoms with Crippen LogP contribution in [-0.2, 0) is 11.3 Å². The Morgan fingerprint density at radius 1 is 1.39 bits per heavy atom. The lowest BCUT2D eigenvalue weighted by Gasteiger charge is -2.10. The van der Waals surface area contributed by atoms with Crippen LogP contribution in [0.1, 0.15) is 11.1 Å². The summed E-state index contributed by atoms with van der Waals surface area (Å²) in [4.78, 5) is 0. The van der Waals surface area contributed by atoms with Crippen LogP contribution in [0.25, 0.3) is 0 Å². The topological polar surface area (TPSA) is 67.8 Å². The Bertz CT molecular complexity index is 446. The molecule has 0 unspecified atom stereocenters. The van der Waals surface area contributed by atoms with Crippen LogP contribution in [0.4, 0.5) is 17.6 Å². The van der Waals surface area contributed by atoms with E-state index in [1.54, 1.807) is 0 Å². The van der Waals surface area contributed by atoms with Crippen molar-refractivity contribution in [2.45, 2.75) is 12.8 Å². The summed E-state index contributed by atoms with van der Waals surface area (Å²) >= 11 is 0. The van der Waals surface area contributed by atoms with Crippen molar-refractivity contribution in [2.75, 3.05) is 6.61 Å². The first-order valence-electron chi connectivity index (χ1n) is 4.74. The Balaban J connectivity index is 2.82. The van der Waals surface area contributed by atoms with Gasteiger partial charge in [-0.25, -0.2) is 4.39 Å². The van der Waals surface area contributed by atoms with Gasteiger partial charge < -0.3 is 15.7 Å². The summed E-state index contributed by atoms with van der Waals surface area (Å²) in [6.07, 6.45) is -4.45. The maximum atomic E-state index is 12.9. The number of halogens is 4. The van der Waals surface area contributed by atoms with Gasteiger partial charge in [0.1, 0.15) is 12.4 Å². The normalized spacial score (nSPS) is 12.8. The molecule has 0 radical (unpaired) electrons. The highest BCUT2D eigenvalue weighted by Crippen LogP contribution is 2.17. The van der Waals surface area contributed by atoms with Crippen LogP contribution in [0.3, 0.4) is 0 Å². The SMILES string of the molecule is NC(=NO)c1cc(F)ccc1COCC(F)(F)F. The number of nitrogens with zero attached hydrogens (tertiary/aromatic N) is 1. The molecule has 0 fully saturated rings. The number of ether oxygens (including phenoxy) is 1. The second-order valence-electron chi connectivity index (χ2n) is 3.39. The minimum atomic E-state index is -4.45. The number of alkyl halides is 3. The fourth-order valence-corrected chi connectivity index (χ4v) is 1.24. The van der Waals surface area contributed by atoms with E-state index in [9.17, 15) is 17.6 Å². The molecule has 0 aliphatic heterocycles. The van der Waals surface area contributed by atoms with Crippen molar-refractivity contribution in [2.24, 2.45) is 10.9 Å². The number of oxime groups is 1. The van der Waals surface area contributed by atoms with Crippen molar-refractivity contribution >= 4 is 5.84 Å². The summed E-state index contributed by atoms with van der Waals surface area (Å²) in [5.41, 5.74) is 5.45. The molecule has 0 aliphatic carbocycles. The molecule has 100 valence electrons. The van der Waals surface area contributed by atoms with Gasteiger partial charge in [0.15, 0.2) is 5.84 Å². The Hall–Kier alpha value is -1.83. The van der Waals surface area contributed by atoms with Crippen molar-refractivity contribution in [1.82, 2.24) is 0 Å². The van der Waals surface area contributed by atoms with E-state index in [-0.39, 0.29) is 11.1 Å². The first kappa shape index (κ1) is 14.2. The summed E-state index contributed by atoms with van der Waals surface area (Å²) in [5, 5.41) is 11.1. The number of rotatable bonds is 4. The zero-order valence-corrected chi connectivity index (χ0v) is 9.04. The molecule has 1 rings (SSSR count). The molecule has 0 saturated heterocycles. The van der Waals surface area contributed by atoms with Crippen molar-refractivity contribution in [1.29, 1.82) is 0 Å². The summed E-state index contributed by atoms with van der Waals surface area (Å²) < 4.78 is 53.0. The van der Waals surface area contributed by atoms with Crippen LogP contribution in [0.5, 0.6) is 0 Å². The van der Waals surface area contributed by atoms with Crippen molar-refractivity contribution in [3.05, 3.63) is 35.1 Å². The monoisotopic (exact) mass is 266 g/mol. The van der Waals surface area contributed by atoms with Crippen molar-refractivity contribution in [3.8, 4) is 0 Å². The Kier molecular flexibility index (Phi) is 4.49. The van der Waals surface area contributed by atoms with Crippen LogP contribution in [0.2, 0.25) is 0 Å². The average Bonchev–Trinajstić information content (AvgIpc) is 2.28. The molecule has 0 aliphatic rings. The third-order valence-electron chi connectivity index (χ3n) is 1.98. The van der Waals surface area contributed by atoms with Crippen LogP contribution in [-0.4, -0.2) is 23.8 Å². The Morgan fingerprint density at radius 3 is 2.61 bits per heavy atom. The highest BCUT2D eigenvalue weighted by molar-refractivity contribution is 5.98. The van der Waals surface area contributed by atoms with Gasteiger partial charge in [-0.3, -0.25) is 0 Å².